The maximum absolute atomic E-state index is 14.9. The molecule has 0 spiro atoms. The molecule has 0 saturated heterocycles. The van der Waals surface area contributed by atoms with E-state index in [1.807, 2.05) is 13.0 Å². The molecule has 0 saturated carbocycles. The molecule has 0 atom stereocenters. The molecule has 0 aliphatic carbocycles. The SMILES string of the molecule is COc1ccc(I(F)c2cc(OC)c(OC)cc2C)cc1. The Kier molecular flexibility index (Phi) is 5.27. The molecule has 5 heteroatoms. The summed E-state index contributed by atoms with van der Waals surface area (Å²) in [6.07, 6.45) is 0. The topological polar surface area (TPSA) is 27.7 Å². The van der Waals surface area contributed by atoms with E-state index < -0.39 is 20.4 Å². The molecule has 3 nitrogen and oxygen atoms in total. The Morgan fingerprint density at radius 2 is 1.43 bits per heavy atom. The van der Waals surface area contributed by atoms with Crippen LogP contribution in [0, 0.1) is 14.1 Å². The molecule has 0 amide bonds. The molecule has 0 aliphatic heterocycles. The molecule has 0 bridgehead atoms. The van der Waals surface area contributed by atoms with E-state index in [0.717, 1.165) is 18.5 Å². The second-order valence-electron chi connectivity index (χ2n) is 4.35. The molecule has 0 aromatic heterocycles. The van der Waals surface area contributed by atoms with Crippen molar-refractivity contribution in [3.8, 4) is 17.2 Å². The molecular weight excluding hydrogens is 386 g/mol. The summed E-state index contributed by atoms with van der Waals surface area (Å²) in [5, 5.41) is 0. The van der Waals surface area contributed by atoms with Gasteiger partial charge in [0.05, 0.1) is 0 Å². The molecule has 0 unspecified atom stereocenters. The van der Waals surface area contributed by atoms with Crippen LogP contribution < -0.4 is 14.2 Å². The van der Waals surface area contributed by atoms with Crippen molar-refractivity contribution in [1.29, 1.82) is 0 Å². The van der Waals surface area contributed by atoms with E-state index in [-0.39, 0.29) is 0 Å². The summed E-state index contributed by atoms with van der Waals surface area (Å²) in [6, 6.07) is 10.7. The van der Waals surface area contributed by atoms with E-state index in [1.165, 1.54) is 0 Å². The molecule has 0 aliphatic rings. The first-order valence-electron chi connectivity index (χ1n) is 6.33. The summed E-state index contributed by atoms with van der Waals surface area (Å²) in [7, 11) is 4.73. The Labute approximate surface area is 132 Å². The average Bonchev–Trinajstić information content (AvgIpc) is 2.54. The van der Waals surface area contributed by atoms with Crippen molar-refractivity contribution in [2.75, 3.05) is 21.3 Å². The first kappa shape index (κ1) is 15.9. The zero-order valence-corrected chi connectivity index (χ0v) is 14.6. The van der Waals surface area contributed by atoms with Crippen LogP contribution in [0.1, 0.15) is 5.56 Å². The van der Waals surface area contributed by atoms with Crippen molar-refractivity contribution < 1.29 is 17.1 Å². The molecule has 0 N–H and O–H groups in total. The monoisotopic (exact) mass is 404 g/mol. The van der Waals surface area contributed by atoms with E-state index in [9.17, 15) is 2.86 Å². The van der Waals surface area contributed by atoms with Gasteiger partial charge in [0.2, 0.25) is 0 Å². The molecule has 2 aromatic carbocycles. The molecule has 2 aromatic rings. The summed E-state index contributed by atoms with van der Waals surface area (Å²) < 4.78 is 32.0. The van der Waals surface area contributed by atoms with Gasteiger partial charge in [-0.05, 0) is 0 Å². The van der Waals surface area contributed by atoms with Crippen molar-refractivity contribution >= 4 is 20.4 Å². The van der Waals surface area contributed by atoms with Gasteiger partial charge in [0.25, 0.3) is 0 Å². The van der Waals surface area contributed by atoms with Crippen LogP contribution in [0.3, 0.4) is 0 Å². The van der Waals surface area contributed by atoms with E-state index in [1.54, 1.807) is 51.7 Å². The first-order valence-corrected chi connectivity index (χ1v) is 9.31. The van der Waals surface area contributed by atoms with Crippen LogP contribution in [0.25, 0.3) is 0 Å². The zero-order valence-electron chi connectivity index (χ0n) is 12.4. The predicted octanol–water partition coefficient (Wildman–Crippen LogP) is 4.45. The fourth-order valence-electron chi connectivity index (χ4n) is 1.93. The summed E-state index contributed by atoms with van der Waals surface area (Å²) in [5.74, 6) is 1.91. The fourth-order valence-corrected chi connectivity index (χ4v) is 5.05. The molecule has 114 valence electrons. The second-order valence-corrected chi connectivity index (χ2v) is 8.11. The van der Waals surface area contributed by atoms with Crippen LogP contribution in [0.5, 0.6) is 17.2 Å². The number of ether oxygens (including phenoxy) is 3. The Balaban J connectivity index is 2.39. The number of methoxy groups -OCH3 is 3. The number of hydrogen-bond acceptors (Lipinski definition) is 3. The number of benzene rings is 2. The Morgan fingerprint density at radius 1 is 0.857 bits per heavy atom. The zero-order chi connectivity index (χ0) is 15.4. The van der Waals surface area contributed by atoms with E-state index in [4.69, 9.17) is 14.2 Å². The fraction of sp³-hybridized carbons (Fsp3) is 0.250. The van der Waals surface area contributed by atoms with E-state index >= 15 is 0 Å². The van der Waals surface area contributed by atoms with Gasteiger partial charge in [0.1, 0.15) is 0 Å². The predicted molar refractivity (Wildman–Crippen MR) is 89.8 cm³/mol. The molecule has 0 fully saturated rings. The Morgan fingerprint density at radius 3 is 1.95 bits per heavy atom. The van der Waals surface area contributed by atoms with Crippen molar-refractivity contribution in [2.45, 2.75) is 6.92 Å². The summed E-state index contributed by atoms with van der Waals surface area (Å²) >= 11 is -2.95. The third-order valence-corrected chi connectivity index (χ3v) is 7.08. The van der Waals surface area contributed by atoms with Crippen molar-refractivity contribution in [2.24, 2.45) is 0 Å². The number of hydrogen-bond donors (Lipinski definition) is 0. The number of aryl methyl sites for hydroxylation is 1. The molecule has 2 rings (SSSR count). The van der Waals surface area contributed by atoms with E-state index in [2.05, 4.69) is 0 Å². The van der Waals surface area contributed by atoms with Gasteiger partial charge in [-0.25, -0.2) is 0 Å². The second kappa shape index (κ2) is 6.98. The van der Waals surface area contributed by atoms with Crippen LogP contribution in [0.2, 0.25) is 0 Å². The summed E-state index contributed by atoms with van der Waals surface area (Å²) in [6.45, 7) is 1.89. The van der Waals surface area contributed by atoms with Gasteiger partial charge in [-0.1, -0.05) is 0 Å². The van der Waals surface area contributed by atoms with Crippen LogP contribution in [-0.4, -0.2) is 21.3 Å². The van der Waals surface area contributed by atoms with Crippen LogP contribution in [-0.2, 0) is 0 Å². The quantitative estimate of drug-likeness (QED) is 0.690. The van der Waals surface area contributed by atoms with Crippen LogP contribution in [0.15, 0.2) is 36.4 Å². The van der Waals surface area contributed by atoms with Crippen molar-refractivity contribution in [3.63, 3.8) is 0 Å². The Bertz CT molecular complexity index is 614. The van der Waals surface area contributed by atoms with Gasteiger partial charge in [0, 0.05) is 0 Å². The summed E-state index contributed by atoms with van der Waals surface area (Å²) in [5.41, 5.74) is 0.885. The van der Waals surface area contributed by atoms with Crippen LogP contribution >= 0.6 is 20.4 Å². The van der Waals surface area contributed by atoms with Crippen molar-refractivity contribution in [1.82, 2.24) is 0 Å². The van der Waals surface area contributed by atoms with Gasteiger partial charge < -0.3 is 0 Å². The standard InChI is InChI=1S/C16H18FIO3/c1-11-9-15(20-3)16(21-4)10-14(11)18(17)12-5-7-13(19-2)8-6-12/h5-10H,1-4H3. The summed E-state index contributed by atoms with van der Waals surface area (Å²) in [4.78, 5) is 0. The Hall–Kier alpha value is -1.50. The minimum atomic E-state index is -2.95. The van der Waals surface area contributed by atoms with Crippen LogP contribution in [0.4, 0.5) is 2.86 Å². The van der Waals surface area contributed by atoms with Crippen molar-refractivity contribution in [3.05, 3.63) is 49.1 Å². The van der Waals surface area contributed by atoms with Gasteiger partial charge in [0.15, 0.2) is 0 Å². The first-order chi connectivity index (χ1) is 10.1. The number of halogens is 2. The average molecular weight is 404 g/mol. The molecule has 0 radical (unpaired) electrons. The van der Waals surface area contributed by atoms with Gasteiger partial charge >= 0.3 is 132 Å². The minimum absolute atomic E-state index is 0.562. The van der Waals surface area contributed by atoms with Gasteiger partial charge in [-0.2, -0.15) is 0 Å². The molecule has 21 heavy (non-hydrogen) atoms. The molecular formula is C16H18FIO3. The van der Waals surface area contributed by atoms with Gasteiger partial charge in [-0.15, -0.1) is 0 Å². The molecule has 0 heterocycles. The van der Waals surface area contributed by atoms with E-state index in [0.29, 0.717) is 11.5 Å². The maximum atomic E-state index is 14.9. The normalized spacial score (nSPS) is 11.0. The number of rotatable bonds is 5. The van der Waals surface area contributed by atoms with Gasteiger partial charge in [-0.3, -0.25) is 0 Å². The third-order valence-electron chi connectivity index (χ3n) is 3.08. The third kappa shape index (κ3) is 3.40.